The molecule has 2 N–H and O–H groups in total. The Balaban J connectivity index is 2.27. The maximum Gasteiger partial charge on any atom is 0.134 e. The zero-order valence-corrected chi connectivity index (χ0v) is 7.29. The third-order valence-corrected chi connectivity index (χ3v) is 2.74. The van der Waals surface area contributed by atoms with Crippen LogP contribution < -0.4 is 5.73 Å². The lowest BCUT2D eigenvalue weighted by molar-refractivity contribution is 0.615. The minimum atomic E-state index is 0.307. The number of rotatable bonds is 0. The second-order valence-corrected chi connectivity index (χ2v) is 3.75. The molecule has 2 heteroatoms. The van der Waals surface area contributed by atoms with E-state index in [1.54, 1.807) is 6.26 Å². The Hall–Kier alpha value is -1.28. The summed E-state index contributed by atoms with van der Waals surface area (Å²) in [7, 11) is 0. The van der Waals surface area contributed by atoms with Crippen molar-refractivity contribution in [3.8, 4) is 0 Å². The van der Waals surface area contributed by atoms with Crippen LogP contribution in [0.1, 0.15) is 11.1 Å². The van der Waals surface area contributed by atoms with Crippen LogP contribution in [0.25, 0.3) is 11.0 Å². The van der Waals surface area contributed by atoms with Crippen LogP contribution in [0.2, 0.25) is 0 Å². The van der Waals surface area contributed by atoms with Crippen LogP contribution in [0.5, 0.6) is 0 Å². The molecule has 1 aliphatic carbocycles. The van der Waals surface area contributed by atoms with E-state index >= 15 is 0 Å². The number of nitrogens with two attached hydrogens (primary N) is 1. The summed E-state index contributed by atoms with van der Waals surface area (Å²) in [5.41, 5.74) is 9.61. The van der Waals surface area contributed by atoms with Crippen LogP contribution in [0.15, 0.2) is 28.9 Å². The van der Waals surface area contributed by atoms with Gasteiger partial charge in [0.2, 0.25) is 0 Å². The Morgan fingerprint density at radius 2 is 2.00 bits per heavy atom. The lowest BCUT2D eigenvalue weighted by Gasteiger charge is -1.96. The molecule has 0 saturated carbocycles. The molecular weight excluding hydrogens is 162 g/mol. The SMILES string of the molecule is N[C@H]1Cc2cc3ccoc3cc2C1. The molecule has 0 bridgehead atoms. The van der Waals surface area contributed by atoms with Crippen LogP contribution in [-0.2, 0) is 12.8 Å². The minimum Gasteiger partial charge on any atom is -0.464 e. The van der Waals surface area contributed by atoms with Crippen LogP contribution in [-0.4, -0.2) is 6.04 Å². The maximum atomic E-state index is 5.89. The Bertz CT molecular complexity index is 418. The summed E-state index contributed by atoms with van der Waals surface area (Å²) in [6, 6.07) is 6.62. The molecule has 1 aliphatic rings. The van der Waals surface area contributed by atoms with Crippen molar-refractivity contribution in [3.05, 3.63) is 35.6 Å². The van der Waals surface area contributed by atoms with E-state index in [0.29, 0.717) is 6.04 Å². The molecule has 0 amide bonds. The molecule has 2 aromatic rings. The highest BCUT2D eigenvalue weighted by Gasteiger charge is 2.18. The number of hydrogen-bond donors (Lipinski definition) is 1. The molecule has 66 valence electrons. The van der Waals surface area contributed by atoms with Gasteiger partial charge in [-0.2, -0.15) is 0 Å². The summed E-state index contributed by atoms with van der Waals surface area (Å²) in [4.78, 5) is 0. The Morgan fingerprint density at radius 1 is 1.23 bits per heavy atom. The smallest absolute Gasteiger partial charge is 0.134 e. The average molecular weight is 173 g/mol. The molecule has 0 radical (unpaired) electrons. The van der Waals surface area contributed by atoms with Gasteiger partial charge in [-0.3, -0.25) is 0 Å². The highest BCUT2D eigenvalue weighted by atomic mass is 16.3. The van der Waals surface area contributed by atoms with Gasteiger partial charge in [0, 0.05) is 11.4 Å². The van der Waals surface area contributed by atoms with Gasteiger partial charge < -0.3 is 10.2 Å². The van der Waals surface area contributed by atoms with E-state index in [4.69, 9.17) is 10.2 Å². The first-order chi connectivity index (χ1) is 6.33. The Labute approximate surface area is 76.3 Å². The van der Waals surface area contributed by atoms with Gasteiger partial charge in [0.05, 0.1) is 6.26 Å². The van der Waals surface area contributed by atoms with Crippen molar-refractivity contribution in [1.82, 2.24) is 0 Å². The molecule has 0 saturated heterocycles. The van der Waals surface area contributed by atoms with Gasteiger partial charge in [-0.15, -0.1) is 0 Å². The van der Waals surface area contributed by atoms with Crippen molar-refractivity contribution < 1.29 is 4.42 Å². The molecule has 0 spiro atoms. The molecule has 2 nitrogen and oxygen atoms in total. The van der Waals surface area contributed by atoms with Gasteiger partial charge in [0.1, 0.15) is 5.58 Å². The second-order valence-electron chi connectivity index (χ2n) is 3.75. The van der Waals surface area contributed by atoms with Crippen molar-refractivity contribution in [3.63, 3.8) is 0 Å². The topological polar surface area (TPSA) is 39.2 Å². The zero-order valence-electron chi connectivity index (χ0n) is 7.29. The molecule has 0 aliphatic heterocycles. The van der Waals surface area contributed by atoms with Gasteiger partial charge in [-0.05, 0) is 42.2 Å². The highest BCUT2D eigenvalue weighted by molar-refractivity contribution is 5.79. The first kappa shape index (κ1) is 7.15. The quantitative estimate of drug-likeness (QED) is 0.660. The third-order valence-electron chi connectivity index (χ3n) is 2.74. The number of benzene rings is 1. The van der Waals surface area contributed by atoms with Crippen molar-refractivity contribution in [2.24, 2.45) is 5.73 Å². The number of hydrogen-bond acceptors (Lipinski definition) is 2. The van der Waals surface area contributed by atoms with Gasteiger partial charge >= 0.3 is 0 Å². The van der Waals surface area contributed by atoms with Crippen LogP contribution >= 0.6 is 0 Å². The molecule has 13 heavy (non-hydrogen) atoms. The molecule has 0 unspecified atom stereocenters. The van der Waals surface area contributed by atoms with Gasteiger partial charge in [0.15, 0.2) is 0 Å². The largest absolute Gasteiger partial charge is 0.464 e. The lowest BCUT2D eigenvalue weighted by Crippen LogP contribution is -2.18. The predicted molar refractivity (Wildman–Crippen MR) is 51.6 cm³/mol. The summed E-state index contributed by atoms with van der Waals surface area (Å²) in [6.07, 6.45) is 3.74. The van der Waals surface area contributed by atoms with Crippen LogP contribution in [0, 0.1) is 0 Å². The summed E-state index contributed by atoms with van der Waals surface area (Å²) < 4.78 is 5.34. The van der Waals surface area contributed by atoms with E-state index in [2.05, 4.69) is 12.1 Å². The molecule has 1 heterocycles. The van der Waals surface area contributed by atoms with Crippen molar-refractivity contribution >= 4 is 11.0 Å². The minimum absolute atomic E-state index is 0.307. The Morgan fingerprint density at radius 3 is 2.85 bits per heavy atom. The first-order valence-corrected chi connectivity index (χ1v) is 4.57. The molecule has 3 rings (SSSR count). The van der Waals surface area contributed by atoms with Crippen molar-refractivity contribution in [2.75, 3.05) is 0 Å². The lowest BCUT2D eigenvalue weighted by atomic mass is 10.1. The first-order valence-electron chi connectivity index (χ1n) is 4.57. The molecule has 0 fully saturated rings. The van der Waals surface area contributed by atoms with E-state index in [0.717, 1.165) is 18.4 Å². The standard InChI is InChI=1S/C11H11NO/c12-10-4-8-3-7-1-2-13-11(7)6-9(8)5-10/h1-3,6,10H,4-5,12H2/t10-/m0/s1. The van der Waals surface area contributed by atoms with E-state index < -0.39 is 0 Å². The van der Waals surface area contributed by atoms with E-state index in [-0.39, 0.29) is 0 Å². The molecule has 1 aromatic heterocycles. The van der Waals surface area contributed by atoms with Gasteiger partial charge in [-0.1, -0.05) is 0 Å². The van der Waals surface area contributed by atoms with Gasteiger partial charge in [-0.25, -0.2) is 0 Å². The zero-order chi connectivity index (χ0) is 8.84. The molecule has 1 aromatic carbocycles. The summed E-state index contributed by atoms with van der Waals surface area (Å²) in [5, 5.41) is 1.19. The fourth-order valence-corrected chi connectivity index (χ4v) is 2.12. The second kappa shape index (κ2) is 2.36. The van der Waals surface area contributed by atoms with Crippen molar-refractivity contribution in [1.29, 1.82) is 0 Å². The highest BCUT2D eigenvalue weighted by Crippen LogP contribution is 2.27. The Kier molecular flexibility index (Phi) is 1.30. The maximum absolute atomic E-state index is 5.89. The predicted octanol–water partition coefficient (Wildman–Crippen LogP) is 1.86. The summed E-state index contributed by atoms with van der Waals surface area (Å²) in [6.45, 7) is 0. The van der Waals surface area contributed by atoms with E-state index in [9.17, 15) is 0 Å². The number of fused-ring (bicyclic) bond motifs is 2. The van der Waals surface area contributed by atoms with Crippen LogP contribution in [0.4, 0.5) is 0 Å². The summed E-state index contributed by atoms with van der Waals surface area (Å²) in [5.74, 6) is 0. The molecule has 1 atom stereocenters. The summed E-state index contributed by atoms with van der Waals surface area (Å²) >= 11 is 0. The van der Waals surface area contributed by atoms with Crippen molar-refractivity contribution in [2.45, 2.75) is 18.9 Å². The third kappa shape index (κ3) is 0.988. The van der Waals surface area contributed by atoms with Crippen LogP contribution in [0.3, 0.4) is 0 Å². The fourth-order valence-electron chi connectivity index (χ4n) is 2.12. The van der Waals surface area contributed by atoms with E-state index in [1.165, 1.54) is 16.5 Å². The fraction of sp³-hybridized carbons (Fsp3) is 0.273. The monoisotopic (exact) mass is 173 g/mol. The van der Waals surface area contributed by atoms with E-state index in [1.807, 2.05) is 6.07 Å². The number of furan rings is 1. The normalized spacial score (nSPS) is 20.8. The van der Waals surface area contributed by atoms with Gasteiger partial charge in [0.25, 0.3) is 0 Å². The molecular formula is C11H11NO. The average Bonchev–Trinajstić information content (AvgIpc) is 2.63.